The minimum atomic E-state index is -4.36. The Morgan fingerprint density at radius 2 is 1.61 bits per heavy atom. The van der Waals surface area contributed by atoms with Crippen LogP contribution >= 0.6 is 0 Å². The Balaban J connectivity index is 1.92. The Labute approximate surface area is 160 Å². The van der Waals surface area contributed by atoms with Gasteiger partial charge in [0.05, 0.1) is 5.56 Å². The van der Waals surface area contributed by atoms with Gasteiger partial charge in [-0.1, -0.05) is 36.4 Å². The van der Waals surface area contributed by atoms with E-state index < -0.39 is 11.7 Å². The topological polar surface area (TPSA) is 16.8 Å². The van der Waals surface area contributed by atoms with Crippen LogP contribution in [-0.4, -0.2) is 4.98 Å². The van der Waals surface area contributed by atoms with Gasteiger partial charge in [-0.15, -0.1) is 0 Å². The van der Waals surface area contributed by atoms with Gasteiger partial charge in [-0.3, -0.25) is 0 Å². The Kier molecular flexibility index (Phi) is 4.59. The summed E-state index contributed by atoms with van der Waals surface area (Å²) in [5.41, 5.74) is 3.80. The van der Waals surface area contributed by atoms with Crippen LogP contribution < -0.4 is 4.57 Å². The molecule has 0 aliphatic rings. The minimum Gasteiger partial charge on any atom is -0.249 e. The molecule has 140 valence electrons. The lowest BCUT2D eigenvalue weighted by atomic mass is 10.0. The number of aryl methyl sites for hydroxylation is 1. The predicted molar refractivity (Wildman–Crippen MR) is 103 cm³/mol. The van der Waals surface area contributed by atoms with Crippen LogP contribution in [0.2, 0.25) is 0 Å². The summed E-state index contributed by atoms with van der Waals surface area (Å²) in [6, 6.07) is 19.1. The number of benzene rings is 2. The number of pyridine rings is 2. The fourth-order valence-corrected chi connectivity index (χ4v) is 3.44. The molecule has 0 spiro atoms. The molecule has 0 N–H and O–H groups in total. The number of aromatic nitrogens is 2. The molecule has 0 saturated carbocycles. The van der Waals surface area contributed by atoms with E-state index in [1.54, 1.807) is 6.20 Å². The highest BCUT2D eigenvalue weighted by atomic mass is 19.4. The summed E-state index contributed by atoms with van der Waals surface area (Å²) in [4.78, 5) is 4.55. The van der Waals surface area contributed by atoms with Crippen molar-refractivity contribution in [2.75, 3.05) is 0 Å². The van der Waals surface area contributed by atoms with Gasteiger partial charge in [0, 0.05) is 28.3 Å². The number of alkyl halides is 3. The van der Waals surface area contributed by atoms with Gasteiger partial charge in [0.2, 0.25) is 5.69 Å². The minimum absolute atomic E-state index is 0.602. The van der Waals surface area contributed by atoms with Crippen LogP contribution in [-0.2, 0) is 12.7 Å². The molecule has 0 bridgehead atoms. The van der Waals surface area contributed by atoms with E-state index in [9.17, 15) is 13.2 Å². The fourth-order valence-electron chi connectivity index (χ4n) is 3.44. The molecule has 0 fully saturated rings. The third-order valence-corrected chi connectivity index (χ3v) is 4.77. The van der Waals surface area contributed by atoms with E-state index in [4.69, 9.17) is 0 Å². The van der Waals surface area contributed by atoms with E-state index in [-0.39, 0.29) is 0 Å². The standard InChI is InChI=1S/C23H18F3N2/c1-16-14-28(15-17-6-3-2-4-7-17)22(21-20(16)8-5-13-27-21)18-9-11-19(12-10-18)23(24,25)26/h2-14H,15H2,1H3/q+1. The summed E-state index contributed by atoms with van der Waals surface area (Å²) < 4.78 is 41.0. The summed E-state index contributed by atoms with van der Waals surface area (Å²) >= 11 is 0. The van der Waals surface area contributed by atoms with Crippen molar-refractivity contribution in [3.8, 4) is 11.3 Å². The molecule has 2 nitrogen and oxygen atoms in total. The first-order valence-corrected chi connectivity index (χ1v) is 8.93. The predicted octanol–water partition coefficient (Wildman–Crippen LogP) is 5.56. The Morgan fingerprint density at radius 3 is 2.29 bits per heavy atom. The zero-order valence-corrected chi connectivity index (χ0v) is 15.2. The normalized spacial score (nSPS) is 11.7. The van der Waals surface area contributed by atoms with Gasteiger partial charge in [-0.05, 0) is 37.3 Å². The van der Waals surface area contributed by atoms with Crippen LogP contribution in [0.15, 0.2) is 79.1 Å². The molecular weight excluding hydrogens is 361 g/mol. The molecule has 4 rings (SSSR count). The van der Waals surface area contributed by atoms with Crippen molar-refractivity contribution in [3.63, 3.8) is 0 Å². The molecule has 5 heteroatoms. The molecule has 0 aliphatic heterocycles. The average Bonchev–Trinajstić information content (AvgIpc) is 2.69. The molecule has 0 atom stereocenters. The number of nitrogens with zero attached hydrogens (tertiary/aromatic N) is 2. The lowest BCUT2D eigenvalue weighted by molar-refractivity contribution is -0.676. The van der Waals surface area contributed by atoms with Crippen molar-refractivity contribution in [2.24, 2.45) is 0 Å². The zero-order chi connectivity index (χ0) is 19.7. The number of fused-ring (bicyclic) bond motifs is 1. The average molecular weight is 379 g/mol. The molecule has 4 aromatic rings. The maximum Gasteiger partial charge on any atom is 0.416 e. The highest BCUT2D eigenvalue weighted by Crippen LogP contribution is 2.32. The number of rotatable bonds is 3. The third-order valence-electron chi connectivity index (χ3n) is 4.77. The Morgan fingerprint density at radius 1 is 0.893 bits per heavy atom. The summed E-state index contributed by atoms with van der Waals surface area (Å²) in [5.74, 6) is 0. The van der Waals surface area contributed by atoms with Crippen molar-refractivity contribution < 1.29 is 17.7 Å². The van der Waals surface area contributed by atoms with Gasteiger partial charge in [-0.25, -0.2) is 4.98 Å². The number of hydrogen-bond acceptors (Lipinski definition) is 1. The summed E-state index contributed by atoms with van der Waals surface area (Å²) in [6.07, 6.45) is -0.613. The first-order valence-electron chi connectivity index (χ1n) is 8.93. The second-order valence-electron chi connectivity index (χ2n) is 6.75. The molecular formula is C23H18F3N2+. The van der Waals surface area contributed by atoms with Gasteiger partial charge < -0.3 is 0 Å². The maximum atomic E-state index is 13.0. The van der Waals surface area contributed by atoms with E-state index in [1.165, 1.54) is 12.1 Å². The SMILES string of the molecule is Cc1c[n+](Cc2ccccc2)c(-c2ccc(C(F)(F)F)cc2)c2ncccc12. The quantitative estimate of drug-likeness (QED) is 0.426. The van der Waals surface area contributed by atoms with Gasteiger partial charge in [0.25, 0.3) is 0 Å². The highest BCUT2D eigenvalue weighted by molar-refractivity contribution is 5.91. The molecule has 0 unspecified atom stereocenters. The van der Waals surface area contributed by atoms with Gasteiger partial charge in [0.1, 0.15) is 5.52 Å². The highest BCUT2D eigenvalue weighted by Gasteiger charge is 2.30. The van der Waals surface area contributed by atoms with Crippen LogP contribution in [0.4, 0.5) is 13.2 Å². The summed E-state index contributed by atoms with van der Waals surface area (Å²) in [5, 5.41) is 0.988. The van der Waals surface area contributed by atoms with E-state index in [0.717, 1.165) is 39.9 Å². The first-order chi connectivity index (χ1) is 13.4. The number of halogens is 3. The molecule has 0 radical (unpaired) electrons. The van der Waals surface area contributed by atoms with E-state index in [0.29, 0.717) is 12.1 Å². The molecule has 28 heavy (non-hydrogen) atoms. The van der Waals surface area contributed by atoms with Crippen molar-refractivity contribution in [2.45, 2.75) is 19.6 Å². The van der Waals surface area contributed by atoms with E-state index in [2.05, 4.69) is 9.55 Å². The van der Waals surface area contributed by atoms with Gasteiger partial charge in [0.15, 0.2) is 12.7 Å². The zero-order valence-electron chi connectivity index (χ0n) is 15.2. The third kappa shape index (κ3) is 3.48. The lowest BCUT2D eigenvalue weighted by Crippen LogP contribution is -2.37. The molecule has 2 heterocycles. The summed E-state index contributed by atoms with van der Waals surface area (Å²) in [7, 11) is 0. The van der Waals surface area contributed by atoms with Gasteiger partial charge in [-0.2, -0.15) is 17.7 Å². The smallest absolute Gasteiger partial charge is 0.249 e. The molecule has 2 aromatic heterocycles. The second-order valence-corrected chi connectivity index (χ2v) is 6.75. The lowest BCUT2D eigenvalue weighted by Gasteiger charge is -2.11. The molecule has 2 aromatic carbocycles. The molecule has 0 amide bonds. The molecule has 0 saturated heterocycles. The second kappa shape index (κ2) is 7.08. The monoisotopic (exact) mass is 379 g/mol. The Bertz CT molecular complexity index is 1120. The van der Waals surface area contributed by atoms with Crippen LogP contribution in [0.25, 0.3) is 22.2 Å². The largest absolute Gasteiger partial charge is 0.416 e. The number of hydrogen-bond donors (Lipinski definition) is 0. The van der Waals surface area contributed by atoms with Crippen LogP contribution in [0.5, 0.6) is 0 Å². The van der Waals surface area contributed by atoms with Crippen molar-refractivity contribution in [3.05, 3.63) is 95.8 Å². The summed E-state index contributed by atoms with van der Waals surface area (Å²) in [6.45, 7) is 2.62. The van der Waals surface area contributed by atoms with Crippen molar-refractivity contribution in [1.82, 2.24) is 4.98 Å². The van der Waals surface area contributed by atoms with E-state index >= 15 is 0 Å². The van der Waals surface area contributed by atoms with Crippen molar-refractivity contribution >= 4 is 10.9 Å². The van der Waals surface area contributed by atoms with Crippen molar-refractivity contribution in [1.29, 1.82) is 0 Å². The van der Waals surface area contributed by atoms with Crippen LogP contribution in [0.1, 0.15) is 16.7 Å². The van der Waals surface area contributed by atoms with Gasteiger partial charge >= 0.3 is 6.18 Å². The van der Waals surface area contributed by atoms with Crippen LogP contribution in [0, 0.1) is 6.92 Å². The molecule has 0 aliphatic carbocycles. The van der Waals surface area contributed by atoms with Crippen LogP contribution in [0.3, 0.4) is 0 Å². The Hall–Kier alpha value is -3.21. The fraction of sp³-hybridized carbons (Fsp3) is 0.130. The van der Waals surface area contributed by atoms with E-state index in [1.807, 2.05) is 55.6 Å². The maximum absolute atomic E-state index is 13.0. The first kappa shape index (κ1) is 18.2.